The van der Waals surface area contributed by atoms with E-state index in [1.54, 1.807) is 0 Å². The molecular weight excluding hydrogens is 332 g/mol. The summed E-state index contributed by atoms with van der Waals surface area (Å²) in [6.45, 7) is 7.35. The second-order valence-corrected chi connectivity index (χ2v) is 7.88. The average Bonchev–Trinajstić information content (AvgIpc) is 2.54. The largest absolute Gasteiger partial charge is 1.00 e. The maximum atomic E-state index is 12.0. The van der Waals surface area contributed by atoms with E-state index in [-0.39, 0.29) is 18.3 Å². The molecule has 25 heavy (non-hydrogen) atoms. The second kappa shape index (κ2) is 17.1. The number of nitrogens with zero attached hydrogens (tertiary/aromatic N) is 1. The molecule has 0 aromatic heterocycles. The van der Waals surface area contributed by atoms with E-state index in [2.05, 4.69) is 6.58 Å². The standard InChI is InChI=1S/C21H43N2O.ClH/c1-20(2)21(24)23(3,4)19-17-15-13-11-9-7-5-6-8-10-12-14-16-18-22;/h1,5-19,22H2,2-4H3;1H/q+1;/p-1. The van der Waals surface area contributed by atoms with Gasteiger partial charge in [-0.3, -0.25) is 4.48 Å². The van der Waals surface area contributed by atoms with Crippen molar-refractivity contribution in [3.05, 3.63) is 12.2 Å². The maximum Gasteiger partial charge on any atom is 0.340 e. The highest BCUT2D eigenvalue weighted by Crippen LogP contribution is 2.14. The van der Waals surface area contributed by atoms with E-state index in [0.29, 0.717) is 10.1 Å². The molecule has 0 aliphatic rings. The summed E-state index contributed by atoms with van der Waals surface area (Å²) in [5.74, 6) is 0.165. The number of quaternary nitrogens is 1. The van der Waals surface area contributed by atoms with Crippen LogP contribution in [-0.4, -0.2) is 37.6 Å². The molecule has 4 heteroatoms. The molecule has 3 nitrogen and oxygen atoms in total. The summed E-state index contributed by atoms with van der Waals surface area (Å²) < 4.78 is 0.445. The van der Waals surface area contributed by atoms with Gasteiger partial charge in [0.1, 0.15) is 0 Å². The van der Waals surface area contributed by atoms with Gasteiger partial charge in [-0.25, -0.2) is 4.79 Å². The Morgan fingerprint density at radius 3 is 1.40 bits per heavy atom. The molecule has 0 unspecified atom stereocenters. The number of halogens is 1. The van der Waals surface area contributed by atoms with Crippen molar-refractivity contribution in [2.75, 3.05) is 27.2 Å². The van der Waals surface area contributed by atoms with Gasteiger partial charge in [0.15, 0.2) is 0 Å². The van der Waals surface area contributed by atoms with Crippen molar-refractivity contribution in [3.8, 4) is 0 Å². The van der Waals surface area contributed by atoms with Gasteiger partial charge in [0.25, 0.3) is 0 Å². The molecule has 0 aromatic rings. The van der Waals surface area contributed by atoms with Gasteiger partial charge >= 0.3 is 5.91 Å². The molecule has 0 saturated heterocycles. The van der Waals surface area contributed by atoms with E-state index in [4.69, 9.17) is 5.73 Å². The Balaban J connectivity index is 0. The van der Waals surface area contributed by atoms with Crippen LogP contribution in [0.5, 0.6) is 0 Å². The third-order valence-electron chi connectivity index (χ3n) is 4.84. The summed E-state index contributed by atoms with van der Waals surface area (Å²) in [5.41, 5.74) is 6.16. The molecule has 0 radical (unpaired) electrons. The van der Waals surface area contributed by atoms with Crippen molar-refractivity contribution in [2.24, 2.45) is 5.73 Å². The van der Waals surface area contributed by atoms with Crippen molar-refractivity contribution >= 4 is 5.91 Å². The van der Waals surface area contributed by atoms with Crippen molar-refractivity contribution in [2.45, 2.75) is 90.4 Å². The van der Waals surface area contributed by atoms with Crippen LogP contribution in [0.2, 0.25) is 0 Å². The lowest BCUT2D eigenvalue weighted by molar-refractivity contribution is -0.812. The normalized spacial score (nSPS) is 11.2. The lowest BCUT2D eigenvalue weighted by atomic mass is 10.0. The Kier molecular flexibility index (Phi) is 18.3. The molecule has 1 amide bonds. The fourth-order valence-corrected chi connectivity index (χ4v) is 3.21. The van der Waals surface area contributed by atoms with Crippen LogP contribution in [0.15, 0.2) is 12.2 Å². The Labute approximate surface area is 163 Å². The summed E-state index contributed by atoms with van der Waals surface area (Å²) in [4.78, 5) is 12.0. The SMILES string of the molecule is C=C(C)C(=O)[N+](C)(C)CCCCCCCCCCCCCCCN.[Cl-]. The zero-order valence-electron chi connectivity index (χ0n) is 17.1. The van der Waals surface area contributed by atoms with Crippen LogP contribution in [-0.2, 0) is 4.79 Å². The number of amides is 1. The minimum atomic E-state index is 0. The first kappa shape index (κ1) is 26.8. The van der Waals surface area contributed by atoms with Gasteiger partial charge in [-0.2, -0.15) is 0 Å². The molecule has 0 aliphatic carbocycles. The third-order valence-corrected chi connectivity index (χ3v) is 4.84. The molecule has 0 fully saturated rings. The van der Waals surface area contributed by atoms with Crippen molar-refractivity contribution in [1.82, 2.24) is 0 Å². The Morgan fingerprint density at radius 1 is 0.760 bits per heavy atom. The molecular formula is C21H43ClN2O. The highest BCUT2D eigenvalue weighted by atomic mass is 35.5. The van der Waals surface area contributed by atoms with Gasteiger partial charge in [-0.05, 0) is 32.7 Å². The lowest BCUT2D eigenvalue weighted by Crippen LogP contribution is -3.00. The van der Waals surface area contributed by atoms with Gasteiger partial charge in [0.2, 0.25) is 0 Å². The van der Waals surface area contributed by atoms with Gasteiger partial charge in [-0.1, -0.05) is 70.8 Å². The zero-order valence-corrected chi connectivity index (χ0v) is 17.9. The molecule has 150 valence electrons. The summed E-state index contributed by atoms with van der Waals surface area (Å²) in [6, 6.07) is 0. The number of carbonyl (C=O) groups is 1. The molecule has 0 heterocycles. The van der Waals surface area contributed by atoms with E-state index in [1.165, 1.54) is 77.0 Å². The first-order valence-corrected chi connectivity index (χ1v) is 10.2. The first-order valence-electron chi connectivity index (χ1n) is 10.2. The zero-order chi connectivity index (χ0) is 18.3. The maximum absolute atomic E-state index is 12.0. The Hall–Kier alpha value is -0.380. The van der Waals surface area contributed by atoms with Crippen LogP contribution in [0.25, 0.3) is 0 Å². The monoisotopic (exact) mass is 374 g/mol. The third kappa shape index (κ3) is 15.6. The van der Waals surface area contributed by atoms with Crippen LogP contribution in [0.1, 0.15) is 90.4 Å². The van der Waals surface area contributed by atoms with E-state index in [9.17, 15) is 4.79 Å². The van der Waals surface area contributed by atoms with E-state index >= 15 is 0 Å². The van der Waals surface area contributed by atoms with E-state index in [1.807, 2.05) is 21.0 Å². The molecule has 0 bridgehead atoms. The Morgan fingerprint density at radius 2 is 1.08 bits per heavy atom. The predicted octanol–water partition coefficient (Wildman–Crippen LogP) is 2.20. The van der Waals surface area contributed by atoms with Crippen LogP contribution >= 0.6 is 0 Å². The van der Waals surface area contributed by atoms with Crippen molar-refractivity contribution in [3.63, 3.8) is 0 Å². The van der Waals surface area contributed by atoms with Gasteiger partial charge in [0, 0.05) is 5.57 Å². The number of unbranched alkanes of at least 4 members (excludes halogenated alkanes) is 12. The molecule has 0 atom stereocenters. The minimum Gasteiger partial charge on any atom is -1.00 e. The number of rotatable bonds is 16. The fraction of sp³-hybridized carbons (Fsp3) is 0.857. The first-order chi connectivity index (χ1) is 11.4. The van der Waals surface area contributed by atoms with Crippen LogP contribution in [0, 0.1) is 0 Å². The van der Waals surface area contributed by atoms with Crippen LogP contribution in [0.4, 0.5) is 0 Å². The smallest absolute Gasteiger partial charge is 0.340 e. The van der Waals surface area contributed by atoms with E-state index in [0.717, 1.165) is 19.5 Å². The minimum absolute atomic E-state index is 0. The Bertz CT molecular complexity index is 343. The predicted molar refractivity (Wildman–Crippen MR) is 106 cm³/mol. The number of nitrogens with two attached hydrogens (primary N) is 1. The molecule has 0 spiro atoms. The number of hydrogen-bond acceptors (Lipinski definition) is 2. The molecule has 0 rings (SSSR count). The number of hydrogen-bond donors (Lipinski definition) is 1. The van der Waals surface area contributed by atoms with Crippen molar-refractivity contribution in [1.29, 1.82) is 0 Å². The topological polar surface area (TPSA) is 43.1 Å². The van der Waals surface area contributed by atoms with Crippen LogP contribution in [0.3, 0.4) is 0 Å². The van der Waals surface area contributed by atoms with Gasteiger partial charge < -0.3 is 18.1 Å². The second-order valence-electron chi connectivity index (χ2n) is 7.88. The molecule has 0 saturated carbocycles. The summed E-state index contributed by atoms with van der Waals surface area (Å²) in [6.07, 6.45) is 17.2. The highest BCUT2D eigenvalue weighted by Gasteiger charge is 2.25. The number of likely N-dealkylation sites (N-methyl/N-ethyl adjacent to an activating group) is 1. The summed E-state index contributed by atoms with van der Waals surface area (Å²) >= 11 is 0. The van der Waals surface area contributed by atoms with Crippen LogP contribution < -0.4 is 18.1 Å². The quantitative estimate of drug-likeness (QED) is 0.256. The highest BCUT2D eigenvalue weighted by molar-refractivity contribution is 5.86. The summed E-state index contributed by atoms with van der Waals surface area (Å²) in [5, 5.41) is 0. The lowest BCUT2D eigenvalue weighted by Gasteiger charge is -2.26. The molecule has 0 aromatic carbocycles. The summed E-state index contributed by atoms with van der Waals surface area (Å²) in [7, 11) is 3.99. The van der Waals surface area contributed by atoms with Gasteiger partial charge in [0.05, 0.1) is 20.6 Å². The van der Waals surface area contributed by atoms with Crippen molar-refractivity contribution < 1.29 is 21.7 Å². The molecule has 2 N–H and O–H groups in total. The molecule has 0 aliphatic heterocycles. The van der Waals surface area contributed by atoms with Gasteiger partial charge in [-0.15, -0.1) is 0 Å². The fourth-order valence-electron chi connectivity index (χ4n) is 3.21. The number of carbonyl (C=O) groups excluding carboxylic acids is 1. The van der Waals surface area contributed by atoms with E-state index < -0.39 is 0 Å². The average molecular weight is 375 g/mol.